The summed E-state index contributed by atoms with van der Waals surface area (Å²) < 4.78 is 15.7. The Labute approximate surface area is 178 Å². The lowest BCUT2D eigenvalue weighted by molar-refractivity contribution is -0.125. The van der Waals surface area contributed by atoms with Gasteiger partial charge in [-0.25, -0.2) is 9.07 Å². The first-order chi connectivity index (χ1) is 14.9. The molecule has 1 amide bonds. The van der Waals surface area contributed by atoms with E-state index in [4.69, 9.17) is 5.26 Å². The number of likely N-dealkylation sites (tertiary alicyclic amines) is 1. The van der Waals surface area contributed by atoms with Gasteiger partial charge < -0.3 is 15.5 Å². The van der Waals surface area contributed by atoms with Crippen LogP contribution in [0.2, 0.25) is 0 Å². The molecule has 0 bridgehead atoms. The van der Waals surface area contributed by atoms with Gasteiger partial charge in [-0.2, -0.15) is 5.26 Å². The van der Waals surface area contributed by atoms with Crippen molar-refractivity contribution in [3.63, 3.8) is 0 Å². The number of hydrogen-bond donors (Lipinski definition) is 3. The molecule has 9 heteroatoms. The van der Waals surface area contributed by atoms with Gasteiger partial charge in [-0.1, -0.05) is 6.07 Å². The van der Waals surface area contributed by atoms with Crippen molar-refractivity contribution < 1.29 is 9.18 Å². The quantitative estimate of drug-likeness (QED) is 0.693. The smallest absolute Gasteiger partial charge is 0.276 e. The number of nitrogens with zero attached hydrogens (tertiary/aromatic N) is 3. The number of aromatic amines is 1. The average molecular weight is 422 g/mol. The zero-order chi connectivity index (χ0) is 22.1. The van der Waals surface area contributed by atoms with E-state index in [1.165, 1.54) is 16.9 Å². The lowest BCUT2D eigenvalue weighted by Gasteiger charge is -2.22. The minimum absolute atomic E-state index is 0.0526. The molecule has 1 aromatic carbocycles. The van der Waals surface area contributed by atoms with Gasteiger partial charge in [-0.3, -0.25) is 14.7 Å². The Bertz CT molecular complexity index is 1190. The largest absolute Gasteiger partial charge is 0.366 e. The maximum Gasteiger partial charge on any atom is 0.276 e. The SMILES string of the molecule is CNC1CCN(C(=O)C2=CNC(n3[nH]cc(-c4ccc(C#N)c(F)c4C)c3=O)C=C2)C1. The maximum atomic E-state index is 14.3. The van der Waals surface area contributed by atoms with Crippen LogP contribution >= 0.6 is 0 Å². The summed E-state index contributed by atoms with van der Waals surface area (Å²) in [5.74, 6) is -0.681. The molecular formula is C22H23FN6O2. The predicted molar refractivity (Wildman–Crippen MR) is 113 cm³/mol. The van der Waals surface area contributed by atoms with Crippen LogP contribution in [-0.2, 0) is 4.79 Å². The molecule has 0 radical (unpaired) electrons. The number of hydrogen-bond acceptors (Lipinski definition) is 5. The molecule has 2 atom stereocenters. The topological polar surface area (TPSA) is 106 Å². The molecular weight excluding hydrogens is 399 g/mol. The second-order valence-electron chi connectivity index (χ2n) is 7.67. The van der Waals surface area contributed by atoms with E-state index in [0.717, 1.165) is 6.42 Å². The van der Waals surface area contributed by atoms with Gasteiger partial charge in [0.2, 0.25) is 0 Å². The molecule has 3 heterocycles. The molecule has 160 valence electrons. The van der Waals surface area contributed by atoms with Crippen LogP contribution in [-0.4, -0.2) is 46.8 Å². The van der Waals surface area contributed by atoms with Crippen molar-refractivity contribution in [1.29, 1.82) is 5.26 Å². The number of nitrogens with one attached hydrogen (secondary N) is 3. The minimum Gasteiger partial charge on any atom is -0.366 e. The van der Waals surface area contributed by atoms with Crippen LogP contribution < -0.4 is 16.2 Å². The molecule has 0 spiro atoms. The van der Waals surface area contributed by atoms with Crippen molar-refractivity contribution in [2.45, 2.75) is 25.6 Å². The lowest BCUT2D eigenvalue weighted by Crippen LogP contribution is -2.36. The first kappa shape index (κ1) is 20.6. The van der Waals surface area contributed by atoms with Crippen LogP contribution in [0.25, 0.3) is 11.1 Å². The standard InChI is InChI=1S/C22H23FN6O2/c1-13-17(5-3-14(9-24)20(13)23)18-11-27-29(22(18)31)19-6-4-15(10-26-19)21(30)28-8-7-16(12-28)25-2/h3-6,10-11,16,19,25-27H,7-8,12H2,1-2H3. The Morgan fingerprint density at radius 3 is 2.81 bits per heavy atom. The summed E-state index contributed by atoms with van der Waals surface area (Å²) in [6.07, 6.45) is 6.97. The molecule has 2 aromatic rings. The van der Waals surface area contributed by atoms with Gasteiger partial charge >= 0.3 is 0 Å². The number of carbonyl (C=O) groups excluding carboxylic acids is 1. The summed E-state index contributed by atoms with van der Waals surface area (Å²) >= 11 is 0. The van der Waals surface area contributed by atoms with Gasteiger partial charge in [0, 0.05) is 31.5 Å². The number of rotatable bonds is 4. The molecule has 3 N–H and O–H groups in total. The summed E-state index contributed by atoms with van der Waals surface area (Å²) in [6, 6.07) is 5.05. The summed E-state index contributed by atoms with van der Waals surface area (Å²) in [5, 5.41) is 18.1. The fourth-order valence-corrected chi connectivity index (χ4v) is 3.98. The van der Waals surface area contributed by atoms with E-state index < -0.39 is 12.0 Å². The van der Waals surface area contributed by atoms with Crippen LogP contribution in [0.15, 0.2) is 47.0 Å². The second-order valence-corrected chi connectivity index (χ2v) is 7.67. The highest BCUT2D eigenvalue weighted by atomic mass is 19.1. The summed E-state index contributed by atoms with van der Waals surface area (Å²) in [6.45, 7) is 2.92. The molecule has 2 aliphatic rings. The number of likely N-dealkylation sites (N-methyl/N-ethyl adjacent to an activating group) is 1. The Hall–Kier alpha value is -3.64. The number of amides is 1. The van der Waals surface area contributed by atoms with Crippen LogP contribution in [0.5, 0.6) is 0 Å². The van der Waals surface area contributed by atoms with Crippen LogP contribution in [0.3, 0.4) is 0 Å². The highest BCUT2D eigenvalue weighted by Gasteiger charge is 2.27. The zero-order valence-electron chi connectivity index (χ0n) is 17.3. The lowest BCUT2D eigenvalue weighted by atomic mass is 10.0. The van der Waals surface area contributed by atoms with Gasteiger partial charge in [0.05, 0.1) is 16.7 Å². The van der Waals surface area contributed by atoms with E-state index in [1.807, 2.05) is 7.05 Å². The molecule has 2 unspecified atom stereocenters. The van der Waals surface area contributed by atoms with Crippen LogP contribution in [0.4, 0.5) is 4.39 Å². The van der Waals surface area contributed by atoms with Crippen molar-refractivity contribution >= 4 is 5.91 Å². The molecule has 1 aromatic heterocycles. The third kappa shape index (κ3) is 3.66. The number of benzene rings is 1. The Balaban J connectivity index is 1.52. The number of halogens is 1. The van der Waals surface area contributed by atoms with E-state index in [1.54, 1.807) is 42.3 Å². The third-order valence-electron chi connectivity index (χ3n) is 5.87. The summed E-state index contributed by atoms with van der Waals surface area (Å²) in [4.78, 5) is 27.4. The molecule has 8 nitrogen and oxygen atoms in total. The number of carbonyl (C=O) groups is 1. The van der Waals surface area contributed by atoms with Crippen molar-refractivity contribution in [2.75, 3.05) is 20.1 Å². The summed E-state index contributed by atoms with van der Waals surface area (Å²) in [5.41, 5.74) is 1.10. The monoisotopic (exact) mass is 422 g/mol. The fourth-order valence-electron chi connectivity index (χ4n) is 3.98. The van der Waals surface area contributed by atoms with Crippen molar-refractivity contribution in [3.05, 3.63) is 69.6 Å². The predicted octanol–water partition coefficient (Wildman–Crippen LogP) is 1.52. The van der Waals surface area contributed by atoms with E-state index in [2.05, 4.69) is 15.7 Å². The highest BCUT2D eigenvalue weighted by Crippen LogP contribution is 2.25. The number of aromatic nitrogens is 2. The molecule has 4 rings (SSSR count). The van der Waals surface area contributed by atoms with Gasteiger partial charge in [0.1, 0.15) is 18.1 Å². The number of dihydropyridines is 1. The minimum atomic E-state index is -0.628. The van der Waals surface area contributed by atoms with Gasteiger partial charge in [0.25, 0.3) is 11.5 Å². The average Bonchev–Trinajstić information content (AvgIpc) is 3.42. The van der Waals surface area contributed by atoms with Gasteiger partial charge in [-0.05, 0) is 49.7 Å². The normalized spacial score (nSPS) is 20.3. The van der Waals surface area contributed by atoms with Crippen LogP contribution in [0.1, 0.15) is 23.7 Å². The zero-order valence-corrected chi connectivity index (χ0v) is 17.3. The number of nitriles is 1. The van der Waals surface area contributed by atoms with E-state index >= 15 is 0 Å². The van der Waals surface area contributed by atoms with Crippen molar-refractivity contribution in [1.82, 2.24) is 25.3 Å². The maximum absolute atomic E-state index is 14.3. The Morgan fingerprint density at radius 2 is 2.16 bits per heavy atom. The van der Waals surface area contributed by atoms with Gasteiger partial charge in [-0.15, -0.1) is 0 Å². The van der Waals surface area contributed by atoms with Crippen molar-refractivity contribution in [3.8, 4) is 17.2 Å². The fraction of sp³-hybridized carbons (Fsp3) is 0.318. The molecule has 0 aliphatic carbocycles. The first-order valence-electron chi connectivity index (χ1n) is 10.0. The molecule has 0 saturated carbocycles. The Morgan fingerprint density at radius 1 is 1.35 bits per heavy atom. The highest BCUT2D eigenvalue weighted by molar-refractivity contribution is 5.96. The second kappa shape index (κ2) is 8.24. The molecule has 2 aliphatic heterocycles. The first-order valence-corrected chi connectivity index (χ1v) is 10.0. The molecule has 31 heavy (non-hydrogen) atoms. The number of H-pyrrole nitrogens is 1. The van der Waals surface area contributed by atoms with E-state index in [9.17, 15) is 14.0 Å². The van der Waals surface area contributed by atoms with Crippen molar-refractivity contribution in [2.24, 2.45) is 0 Å². The molecule has 1 saturated heterocycles. The summed E-state index contributed by atoms with van der Waals surface area (Å²) in [7, 11) is 1.89. The molecule has 1 fully saturated rings. The van der Waals surface area contributed by atoms with Gasteiger partial charge in [0.15, 0.2) is 0 Å². The van der Waals surface area contributed by atoms with Crippen LogP contribution in [0, 0.1) is 24.1 Å². The van der Waals surface area contributed by atoms with E-state index in [-0.39, 0.29) is 22.6 Å². The Kier molecular flexibility index (Phi) is 5.48. The van der Waals surface area contributed by atoms with E-state index in [0.29, 0.717) is 35.8 Å². The third-order valence-corrected chi connectivity index (χ3v) is 5.87.